The molecule has 5 heteroatoms. The minimum Gasteiger partial charge on any atom is -0.398 e. The summed E-state index contributed by atoms with van der Waals surface area (Å²) in [5.41, 5.74) is 6.53. The molecule has 1 aromatic rings. The van der Waals surface area contributed by atoms with Gasteiger partial charge in [0.25, 0.3) is 5.91 Å². The molecule has 0 bridgehead atoms. The Morgan fingerprint density at radius 2 is 2.28 bits per heavy atom. The van der Waals surface area contributed by atoms with Crippen LogP contribution in [-0.4, -0.2) is 24.2 Å². The van der Waals surface area contributed by atoms with Crippen molar-refractivity contribution in [1.82, 2.24) is 5.32 Å². The molecule has 1 rings (SSSR count). The third kappa shape index (κ3) is 4.20. The molecular weight excluding hydrogens is 252 g/mol. The van der Waals surface area contributed by atoms with Crippen LogP contribution in [0.3, 0.4) is 0 Å². The Morgan fingerprint density at radius 3 is 2.83 bits per heavy atom. The predicted octanol–water partition coefficient (Wildman–Crippen LogP) is 2.06. The number of rotatable bonds is 6. The first-order valence-corrected chi connectivity index (χ1v) is 6.40. The van der Waals surface area contributed by atoms with E-state index in [1.807, 2.05) is 6.92 Å². The maximum Gasteiger partial charge on any atom is 0.251 e. The van der Waals surface area contributed by atoms with Crippen molar-refractivity contribution in [1.29, 1.82) is 0 Å². The largest absolute Gasteiger partial charge is 0.398 e. The molecule has 4 nitrogen and oxygen atoms in total. The summed E-state index contributed by atoms with van der Waals surface area (Å²) in [5, 5.41) is 12.1. The topological polar surface area (TPSA) is 75.3 Å². The molecule has 1 atom stereocenters. The fourth-order valence-corrected chi connectivity index (χ4v) is 1.77. The Labute approximate surface area is 112 Å². The molecule has 0 radical (unpaired) electrons. The van der Waals surface area contributed by atoms with Crippen LogP contribution in [0, 0.1) is 5.92 Å². The van der Waals surface area contributed by atoms with E-state index >= 15 is 0 Å². The van der Waals surface area contributed by atoms with Crippen molar-refractivity contribution in [2.24, 2.45) is 5.92 Å². The average molecular weight is 271 g/mol. The first kappa shape index (κ1) is 14.8. The third-order valence-electron chi connectivity index (χ3n) is 2.92. The van der Waals surface area contributed by atoms with Crippen molar-refractivity contribution in [3.8, 4) is 0 Å². The lowest BCUT2D eigenvalue weighted by atomic mass is 10.0. The lowest BCUT2D eigenvalue weighted by Crippen LogP contribution is -2.29. The fraction of sp³-hybridized carbons (Fsp3) is 0.462. The molecule has 0 aliphatic rings. The number of aliphatic hydroxyl groups excluding tert-OH is 1. The van der Waals surface area contributed by atoms with E-state index in [9.17, 15) is 4.79 Å². The Morgan fingerprint density at radius 1 is 1.56 bits per heavy atom. The number of aliphatic hydroxyl groups is 1. The molecule has 0 spiro atoms. The Hall–Kier alpha value is -1.26. The molecular formula is C13H19ClN2O2. The van der Waals surface area contributed by atoms with Gasteiger partial charge >= 0.3 is 0 Å². The minimum absolute atomic E-state index is 0.141. The maximum absolute atomic E-state index is 11.9. The third-order valence-corrected chi connectivity index (χ3v) is 3.27. The zero-order chi connectivity index (χ0) is 13.5. The first-order chi connectivity index (χ1) is 8.58. The quantitative estimate of drug-likeness (QED) is 0.693. The van der Waals surface area contributed by atoms with Crippen molar-refractivity contribution in [2.45, 2.75) is 19.8 Å². The van der Waals surface area contributed by atoms with Gasteiger partial charge in [-0.2, -0.15) is 0 Å². The van der Waals surface area contributed by atoms with Gasteiger partial charge in [-0.25, -0.2) is 0 Å². The Balaban J connectivity index is 2.57. The summed E-state index contributed by atoms with van der Waals surface area (Å²) < 4.78 is 0. The van der Waals surface area contributed by atoms with E-state index in [4.69, 9.17) is 22.4 Å². The van der Waals surface area contributed by atoms with Crippen LogP contribution in [0.5, 0.6) is 0 Å². The number of hydrogen-bond acceptors (Lipinski definition) is 3. The minimum atomic E-state index is -0.172. The summed E-state index contributed by atoms with van der Waals surface area (Å²) in [7, 11) is 0. The number of nitrogens with two attached hydrogens (primary N) is 1. The van der Waals surface area contributed by atoms with Crippen LogP contribution in [0.25, 0.3) is 0 Å². The summed E-state index contributed by atoms with van der Waals surface area (Å²) in [6, 6.07) is 4.81. The zero-order valence-corrected chi connectivity index (χ0v) is 11.2. The van der Waals surface area contributed by atoms with E-state index in [0.717, 1.165) is 6.42 Å². The second kappa shape index (κ2) is 7.24. The van der Waals surface area contributed by atoms with Crippen molar-refractivity contribution in [2.75, 3.05) is 18.9 Å². The van der Waals surface area contributed by atoms with E-state index < -0.39 is 0 Å². The second-order valence-electron chi connectivity index (χ2n) is 4.23. The Kier molecular flexibility index (Phi) is 5.95. The molecule has 1 amide bonds. The first-order valence-electron chi connectivity index (χ1n) is 6.02. The monoisotopic (exact) mass is 270 g/mol. The van der Waals surface area contributed by atoms with Crippen LogP contribution in [0.1, 0.15) is 30.1 Å². The van der Waals surface area contributed by atoms with Crippen LogP contribution in [0.4, 0.5) is 5.69 Å². The van der Waals surface area contributed by atoms with Gasteiger partial charge < -0.3 is 16.2 Å². The molecule has 1 aromatic carbocycles. The van der Waals surface area contributed by atoms with Gasteiger partial charge in [0.05, 0.1) is 10.7 Å². The van der Waals surface area contributed by atoms with E-state index in [2.05, 4.69) is 5.32 Å². The van der Waals surface area contributed by atoms with Gasteiger partial charge in [0.2, 0.25) is 0 Å². The average Bonchev–Trinajstić information content (AvgIpc) is 2.37. The van der Waals surface area contributed by atoms with Gasteiger partial charge in [0.1, 0.15) is 0 Å². The van der Waals surface area contributed by atoms with Crippen molar-refractivity contribution in [3.63, 3.8) is 0 Å². The van der Waals surface area contributed by atoms with Gasteiger partial charge in [-0.05, 0) is 30.5 Å². The van der Waals surface area contributed by atoms with Crippen LogP contribution in [0.2, 0.25) is 5.02 Å². The van der Waals surface area contributed by atoms with Crippen LogP contribution >= 0.6 is 11.6 Å². The molecule has 0 heterocycles. The van der Waals surface area contributed by atoms with Crippen LogP contribution in [-0.2, 0) is 0 Å². The number of nitrogen functional groups attached to an aromatic ring is 1. The van der Waals surface area contributed by atoms with Crippen molar-refractivity contribution in [3.05, 3.63) is 28.8 Å². The molecule has 0 aliphatic heterocycles. The second-order valence-corrected chi connectivity index (χ2v) is 4.64. The molecule has 0 saturated heterocycles. The number of carbonyl (C=O) groups excluding carboxylic acids is 1. The number of carbonyl (C=O) groups is 1. The van der Waals surface area contributed by atoms with Crippen LogP contribution in [0.15, 0.2) is 18.2 Å². The molecule has 0 aliphatic carbocycles. The highest BCUT2D eigenvalue weighted by atomic mass is 35.5. The molecule has 4 N–H and O–H groups in total. The summed E-state index contributed by atoms with van der Waals surface area (Å²) >= 11 is 5.79. The van der Waals surface area contributed by atoms with Gasteiger partial charge in [0.15, 0.2) is 0 Å². The van der Waals surface area contributed by atoms with Gasteiger partial charge in [-0.1, -0.05) is 24.9 Å². The fourth-order valence-electron chi connectivity index (χ4n) is 1.66. The molecule has 100 valence electrons. The van der Waals surface area contributed by atoms with E-state index in [1.165, 1.54) is 0 Å². The zero-order valence-electron chi connectivity index (χ0n) is 10.4. The highest BCUT2D eigenvalue weighted by Gasteiger charge is 2.10. The van der Waals surface area contributed by atoms with E-state index in [-0.39, 0.29) is 12.5 Å². The smallest absolute Gasteiger partial charge is 0.251 e. The van der Waals surface area contributed by atoms with Gasteiger partial charge in [-0.15, -0.1) is 0 Å². The number of halogens is 1. The number of amides is 1. The number of nitrogens with one attached hydrogen (secondary N) is 1. The highest BCUT2D eigenvalue weighted by Crippen LogP contribution is 2.19. The summed E-state index contributed by atoms with van der Waals surface area (Å²) in [5.74, 6) is 0.123. The maximum atomic E-state index is 11.9. The molecule has 0 aromatic heterocycles. The lowest BCUT2D eigenvalue weighted by Gasteiger charge is -2.14. The summed E-state index contributed by atoms with van der Waals surface area (Å²) in [4.78, 5) is 11.9. The molecule has 0 saturated carbocycles. The predicted molar refractivity (Wildman–Crippen MR) is 73.7 cm³/mol. The Bertz CT molecular complexity index is 410. The van der Waals surface area contributed by atoms with Gasteiger partial charge in [0, 0.05) is 18.7 Å². The molecule has 18 heavy (non-hydrogen) atoms. The van der Waals surface area contributed by atoms with E-state index in [0.29, 0.717) is 35.2 Å². The number of anilines is 1. The normalized spacial score (nSPS) is 12.2. The lowest BCUT2D eigenvalue weighted by molar-refractivity contribution is 0.0943. The molecule has 1 unspecified atom stereocenters. The van der Waals surface area contributed by atoms with Crippen molar-refractivity contribution >= 4 is 23.2 Å². The number of hydrogen-bond donors (Lipinski definition) is 3. The van der Waals surface area contributed by atoms with Crippen molar-refractivity contribution < 1.29 is 9.90 Å². The van der Waals surface area contributed by atoms with Crippen LogP contribution < -0.4 is 11.1 Å². The highest BCUT2D eigenvalue weighted by molar-refractivity contribution is 6.33. The van der Waals surface area contributed by atoms with E-state index in [1.54, 1.807) is 18.2 Å². The summed E-state index contributed by atoms with van der Waals surface area (Å²) in [6.07, 6.45) is 1.61. The van der Waals surface area contributed by atoms with Gasteiger partial charge in [-0.3, -0.25) is 4.79 Å². The standard InChI is InChI=1S/C13H19ClN2O2/c1-2-9(5-6-17)8-16-13(18)10-3-4-11(14)12(15)7-10/h3-4,7,9,17H,2,5-6,8,15H2,1H3,(H,16,18). The molecule has 0 fully saturated rings. The number of benzene rings is 1. The SMILES string of the molecule is CCC(CCO)CNC(=O)c1ccc(Cl)c(N)c1. The summed E-state index contributed by atoms with van der Waals surface area (Å²) in [6.45, 7) is 2.73.